The number of carbonyl (C=O) groups excluding carboxylic acids is 1. The number of hydrogen-bond donors (Lipinski definition) is 2. The summed E-state index contributed by atoms with van der Waals surface area (Å²) in [6.07, 6.45) is 1.37. The van der Waals surface area contributed by atoms with Gasteiger partial charge in [0.2, 0.25) is 5.91 Å². The van der Waals surface area contributed by atoms with Gasteiger partial charge in [0.15, 0.2) is 0 Å². The van der Waals surface area contributed by atoms with E-state index in [2.05, 4.69) is 5.32 Å². The predicted molar refractivity (Wildman–Crippen MR) is 74.8 cm³/mol. The Morgan fingerprint density at radius 3 is 2.79 bits per heavy atom. The maximum atomic E-state index is 12.3. The molecule has 1 aromatic rings. The first-order valence-electron chi connectivity index (χ1n) is 6.47. The molecule has 2 rings (SSSR count). The molecule has 0 saturated carbocycles. The topological polar surface area (TPSA) is 64.4 Å². The van der Waals surface area contributed by atoms with E-state index in [1.54, 1.807) is 0 Å². The van der Waals surface area contributed by atoms with Gasteiger partial charge in [-0.1, -0.05) is 23.7 Å². The van der Waals surface area contributed by atoms with Gasteiger partial charge in [-0.05, 0) is 30.5 Å². The van der Waals surface area contributed by atoms with Crippen LogP contribution >= 0.6 is 11.6 Å². The summed E-state index contributed by atoms with van der Waals surface area (Å²) >= 11 is 5.91. The molecule has 1 heterocycles. The summed E-state index contributed by atoms with van der Waals surface area (Å²) in [7, 11) is 0. The van der Waals surface area contributed by atoms with Gasteiger partial charge in [-0.25, -0.2) is 0 Å². The van der Waals surface area contributed by atoms with Gasteiger partial charge in [-0.15, -0.1) is 0 Å². The van der Waals surface area contributed by atoms with Crippen molar-refractivity contribution in [3.63, 3.8) is 0 Å². The number of nitrogens with two attached hydrogens (primary N) is 1. The Kier molecular flexibility index (Phi) is 4.80. The quantitative estimate of drug-likeness (QED) is 0.884. The van der Waals surface area contributed by atoms with E-state index in [1.807, 2.05) is 24.3 Å². The van der Waals surface area contributed by atoms with Gasteiger partial charge in [-0.2, -0.15) is 0 Å². The van der Waals surface area contributed by atoms with Crippen LogP contribution in [-0.4, -0.2) is 25.7 Å². The van der Waals surface area contributed by atoms with Crippen LogP contribution in [0.15, 0.2) is 24.3 Å². The molecule has 0 aromatic heterocycles. The highest BCUT2D eigenvalue weighted by Gasteiger charge is 2.38. The first-order valence-corrected chi connectivity index (χ1v) is 6.85. The van der Waals surface area contributed by atoms with Crippen molar-refractivity contribution in [2.45, 2.75) is 19.4 Å². The highest BCUT2D eigenvalue weighted by atomic mass is 35.5. The van der Waals surface area contributed by atoms with E-state index in [9.17, 15) is 4.79 Å². The third kappa shape index (κ3) is 3.47. The minimum Gasteiger partial charge on any atom is -0.381 e. The summed E-state index contributed by atoms with van der Waals surface area (Å²) in [6.45, 7) is 2.03. The molecule has 3 N–H and O–H groups in total. The standard InChI is InChI=1S/C14H19ClN2O2/c15-12-3-1-2-11(8-12)9-17-13(18)14(10-16)4-6-19-7-5-14/h1-3,8H,4-7,9-10,16H2,(H,17,18). The van der Waals surface area contributed by atoms with E-state index in [4.69, 9.17) is 22.1 Å². The van der Waals surface area contributed by atoms with Crippen LogP contribution < -0.4 is 11.1 Å². The fourth-order valence-electron chi connectivity index (χ4n) is 2.30. The van der Waals surface area contributed by atoms with Gasteiger partial charge >= 0.3 is 0 Å². The summed E-state index contributed by atoms with van der Waals surface area (Å²) in [4.78, 5) is 12.3. The zero-order chi connectivity index (χ0) is 13.7. The molecule has 0 unspecified atom stereocenters. The molecule has 19 heavy (non-hydrogen) atoms. The SMILES string of the molecule is NCC1(C(=O)NCc2cccc(Cl)c2)CCOCC1. The molecule has 0 bridgehead atoms. The molecule has 1 amide bonds. The molecule has 1 fully saturated rings. The van der Waals surface area contributed by atoms with Crippen molar-refractivity contribution in [3.8, 4) is 0 Å². The van der Waals surface area contributed by atoms with E-state index >= 15 is 0 Å². The predicted octanol–water partition coefficient (Wildman–Crippen LogP) is 1.71. The second-order valence-electron chi connectivity index (χ2n) is 4.91. The average Bonchev–Trinajstić information content (AvgIpc) is 2.45. The van der Waals surface area contributed by atoms with Crippen molar-refractivity contribution < 1.29 is 9.53 Å². The van der Waals surface area contributed by atoms with Crippen LogP contribution in [0, 0.1) is 5.41 Å². The van der Waals surface area contributed by atoms with Gasteiger partial charge in [0, 0.05) is 31.3 Å². The molecule has 0 radical (unpaired) electrons. The minimum absolute atomic E-state index is 0.0123. The van der Waals surface area contributed by atoms with Gasteiger partial charge in [0.25, 0.3) is 0 Å². The van der Waals surface area contributed by atoms with Crippen LogP contribution in [0.25, 0.3) is 0 Å². The van der Waals surface area contributed by atoms with Crippen molar-refractivity contribution >= 4 is 17.5 Å². The van der Waals surface area contributed by atoms with Crippen molar-refractivity contribution in [2.75, 3.05) is 19.8 Å². The number of nitrogens with one attached hydrogen (secondary N) is 1. The zero-order valence-corrected chi connectivity index (χ0v) is 11.6. The summed E-state index contributed by atoms with van der Waals surface area (Å²) in [6, 6.07) is 7.47. The minimum atomic E-state index is -0.475. The van der Waals surface area contributed by atoms with E-state index < -0.39 is 5.41 Å². The maximum Gasteiger partial charge on any atom is 0.227 e. The van der Waals surface area contributed by atoms with Crippen molar-refractivity contribution in [1.29, 1.82) is 0 Å². The number of benzene rings is 1. The van der Waals surface area contributed by atoms with Gasteiger partial charge in [0.05, 0.1) is 5.41 Å². The molecule has 0 aliphatic carbocycles. The summed E-state index contributed by atoms with van der Waals surface area (Å²) < 4.78 is 5.30. The number of carbonyl (C=O) groups is 1. The van der Waals surface area contributed by atoms with E-state index in [0.717, 1.165) is 5.56 Å². The Balaban J connectivity index is 1.96. The lowest BCUT2D eigenvalue weighted by Crippen LogP contribution is -2.48. The highest BCUT2D eigenvalue weighted by Crippen LogP contribution is 2.29. The Morgan fingerprint density at radius 1 is 1.42 bits per heavy atom. The Labute approximate surface area is 118 Å². The summed E-state index contributed by atoms with van der Waals surface area (Å²) in [5.41, 5.74) is 6.31. The number of rotatable bonds is 4. The first kappa shape index (κ1) is 14.3. The monoisotopic (exact) mass is 282 g/mol. The maximum absolute atomic E-state index is 12.3. The van der Waals surface area contributed by atoms with E-state index in [0.29, 0.717) is 44.2 Å². The van der Waals surface area contributed by atoms with Gasteiger partial charge < -0.3 is 15.8 Å². The Bertz CT molecular complexity index is 445. The molecule has 4 nitrogen and oxygen atoms in total. The third-order valence-electron chi connectivity index (χ3n) is 3.66. The largest absolute Gasteiger partial charge is 0.381 e. The second kappa shape index (κ2) is 6.37. The lowest BCUT2D eigenvalue weighted by atomic mass is 9.79. The van der Waals surface area contributed by atoms with Crippen LogP contribution in [-0.2, 0) is 16.1 Å². The zero-order valence-electron chi connectivity index (χ0n) is 10.8. The molecule has 1 aliphatic heterocycles. The fourth-order valence-corrected chi connectivity index (χ4v) is 2.52. The molecule has 104 valence electrons. The number of halogens is 1. The Hall–Kier alpha value is -1.10. The molecule has 5 heteroatoms. The fraction of sp³-hybridized carbons (Fsp3) is 0.500. The first-order chi connectivity index (χ1) is 9.16. The lowest BCUT2D eigenvalue weighted by molar-refractivity contribution is -0.136. The molecule has 0 atom stereocenters. The van der Waals surface area contributed by atoms with Crippen molar-refractivity contribution in [3.05, 3.63) is 34.9 Å². The van der Waals surface area contributed by atoms with Crippen LogP contribution in [0.2, 0.25) is 5.02 Å². The molecule has 1 aliphatic rings. The van der Waals surface area contributed by atoms with Crippen LogP contribution in [0.3, 0.4) is 0 Å². The summed E-state index contributed by atoms with van der Waals surface area (Å²) in [5.74, 6) is 0.0123. The third-order valence-corrected chi connectivity index (χ3v) is 3.90. The highest BCUT2D eigenvalue weighted by molar-refractivity contribution is 6.30. The molecule has 0 spiro atoms. The normalized spacial score (nSPS) is 18.0. The number of ether oxygens (including phenoxy) is 1. The van der Waals surface area contributed by atoms with Crippen LogP contribution in [0.1, 0.15) is 18.4 Å². The van der Waals surface area contributed by atoms with E-state index in [-0.39, 0.29) is 5.91 Å². The number of hydrogen-bond acceptors (Lipinski definition) is 3. The van der Waals surface area contributed by atoms with Crippen LogP contribution in [0.4, 0.5) is 0 Å². The second-order valence-corrected chi connectivity index (χ2v) is 5.35. The number of amides is 1. The smallest absolute Gasteiger partial charge is 0.227 e. The van der Waals surface area contributed by atoms with Crippen LogP contribution in [0.5, 0.6) is 0 Å². The van der Waals surface area contributed by atoms with Crippen molar-refractivity contribution in [1.82, 2.24) is 5.32 Å². The van der Waals surface area contributed by atoms with E-state index in [1.165, 1.54) is 0 Å². The van der Waals surface area contributed by atoms with Crippen molar-refractivity contribution in [2.24, 2.45) is 11.1 Å². The molecule has 1 saturated heterocycles. The lowest BCUT2D eigenvalue weighted by Gasteiger charge is -2.34. The molecular formula is C14H19ClN2O2. The van der Waals surface area contributed by atoms with Gasteiger partial charge in [-0.3, -0.25) is 4.79 Å². The average molecular weight is 283 g/mol. The summed E-state index contributed by atoms with van der Waals surface area (Å²) in [5, 5.41) is 3.63. The molecular weight excluding hydrogens is 264 g/mol. The Morgan fingerprint density at radius 2 is 2.16 bits per heavy atom. The molecule has 1 aromatic carbocycles. The van der Waals surface area contributed by atoms with Gasteiger partial charge in [0.1, 0.15) is 0 Å².